The van der Waals surface area contributed by atoms with Gasteiger partial charge in [0.2, 0.25) is 5.91 Å². The summed E-state index contributed by atoms with van der Waals surface area (Å²) in [6.45, 7) is 2.16. The Morgan fingerprint density at radius 2 is 1.96 bits per heavy atom. The smallest absolute Gasteiger partial charge is 0.341 e. The number of hydrogen-bond acceptors (Lipinski definition) is 5. The van der Waals surface area contributed by atoms with Crippen molar-refractivity contribution in [3.05, 3.63) is 28.2 Å². The van der Waals surface area contributed by atoms with Gasteiger partial charge in [-0.1, -0.05) is 25.5 Å². The van der Waals surface area contributed by atoms with Crippen LogP contribution in [0.3, 0.4) is 0 Å². The van der Waals surface area contributed by atoms with Crippen molar-refractivity contribution in [3.8, 4) is 0 Å². The highest BCUT2D eigenvalue weighted by molar-refractivity contribution is 7.17. The van der Waals surface area contributed by atoms with Crippen molar-refractivity contribution in [2.24, 2.45) is 17.8 Å². The number of anilines is 1. The second-order valence-corrected chi connectivity index (χ2v) is 8.31. The summed E-state index contributed by atoms with van der Waals surface area (Å²) < 4.78 is 4.95. The molecule has 1 amide bonds. The highest BCUT2D eigenvalue weighted by atomic mass is 32.1. The zero-order valence-corrected chi connectivity index (χ0v) is 16.4. The van der Waals surface area contributed by atoms with E-state index in [1.165, 1.54) is 18.4 Å². The van der Waals surface area contributed by atoms with Gasteiger partial charge in [0.1, 0.15) is 5.00 Å². The minimum atomic E-state index is -0.969. The minimum Gasteiger partial charge on any atom is -0.481 e. The van der Waals surface area contributed by atoms with E-state index in [0.717, 1.165) is 36.1 Å². The van der Waals surface area contributed by atoms with E-state index in [4.69, 9.17) is 4.74 Å². The van der Waals surface area contributed by atoms with Gasteiger partial charge in [0.15, 0.2) is 0 Å². The average Bonchev–Trinajstić information content (AvgIpc) is 3.03. The third kappa shape index (κ3) is 3.93. The molecule has 7 heteroatoms. The molecular weight excluding hydrogens is 366 g/mol. The first-order valence-electron chi connectivity index (χ1n) is 9.37. The lowest BCUT2D eigenvalue weighted by Crippen LogP contribution is -2.34. The van der Waals surface area contributed by atoms with Gasteiger partial charge in [0.25, 0.3) is 0 Å². The normalized spacial score (nSPS) is 24.1. The van der Waals surface area contributed by atoms with Crippen molar-refractivity contribution in [2.45, 2.75) is 45.4 Å². The second-order valence-electron chi connectivity index (χ2n) is 7.20. The monoisotopic (exact) mass is 391 g/mol. The molecule has 2 aliphatic carbocycles. The van der Waals surface area contributed by atoms with Crippen molar-refractivity contribution in [2.75, 3.05) is 12.4 Å². The number of carboxylic acids is 1. The maximum Gasteiger partial charge on any atom is 0.341 e. The lowest BCUT2D eigenvalue weighted by Gasteiger charge is -2.24. The van der Waals surface area contributed by atoms with Gasteiger partial charge in [0.05, 0.1) is 24.5 Å². The van der Waals surface area contributed by atoms with Gasteiger partial charge in [0, 0.05) is 4.88 Å². The molecule has 0 unspecified atom stereocenters. The van der Waals surface area contributed by atoms with Gasteiger partial charge in [-0.05, 0) is 43.6 Å². The molecule has 6 nitrogen and oxygen atoms in total. The highest BCUT2D eigenvalue weighted by Crippen LogP contribution is 2.41. The van der Waals surface area contributed by atoms with E-state index in [9.17, 15) is 19.5 Å². The number of carbonyl (C=O) groups is 3. The molecule has 2 aliphatic rings. The van der Waals surface area contributed by atoms with Crippen LogP contribution in [-0.4, -0.2) is 30.1 Å². The standard InChI is InChI=1S/C20H25NO5S/c1-3-11-8-9-14-15(10-11)27-18(16(14)20(25)26-2)21-17(22)12-6-4-5-7-13(12)19(23)24/h4-5,11-13H,3,6-10H2,1-2H3,(H,21,22)(H,23,24)/t11-,12+,13-/m1/s1. The Morgan fingerprint density at radius 1 is 1.26 bits per heavy atom. The fourth-order valence-electron chi connectivity index (χ4n) is 3.99. The summed E-state index contributed by atoms with van der Waals surface area (Å²) in [5.41, 5.74) is 1.42. The van der Waals surface area contributed by atoms with Crippen LogP contribution >= 0.6 is 11.3 Å². The van der Waals surface area contributed by atoms with Crippen molar-refractivity contribution >= 4 is 34.2 Å². The number of carbonyl (C=O) groups excluding carboxylic acids is 2. The van der Waals surface area contributed by atoms with Crippen LogP contribution in [0.1, 0.15) is 53.4 Å². The summed E-state index contributed by atoms with van der Waals surface area (Å²) in [5.74, 6) is -2.55. The van der Waals surface area contributed by atoms with Gasteiger partial charge >= 0.3 is 11.9 Å². The van der Waals surface area contributed by atoms with Crippen LogP contribution < -0.4 is 5.32 Å². The molecule has 0 bridgehead atoms. The highest BCUT2D eigenvalue weighted by Gasteiger charge is 2.36. The topological polar surface area (TPSA) is 92.7 Å². The number of thiophene rings is 1. The van der Waals surface area contributed by atoms with E-state index in [-0.39, 0.29) is 5.91 Å². The third-order valence-corrected chi connectivity index (χ3v) is 6.83. The van der Waals surface area contributed by atoms with Crippen molar-refractivity contribution in [1.29, 1.82) is 0 Å². The SMILES string of the molecule is CC[C@@H]1CCc2c(sc(NC(=O)[C@H]3CC=CC[C@H]3C(=O)O)c2C(=O)OC)C1. The number of carboxylic acid groups (broad SMARTS) is 1. The Bertz CT molecular complexity index is 782. The van der Waals surface area contributed by atoms with Crippen molar-refractivity contribution in [1.82, 2.24) is 0 Å². The van der Waals surface area contributed by atoms with Crippen LogP contribution in [0, 0.1) is 17.8 Å². The Kier molecular flexibility index (Phi) is 5.99. The molecule has 27 heavy (non-hydrogen) atoms. The zero-order valence-electron chi connectivity index (χ0n) is 15.6. The van der Waals surface area contributed by atoms with Gasteiger partial charge < -0.3 is 15.2 Å². The maximum absolute atomic E-state index is 12.8. The fraction of sp³-hybridized carbons (Fsp3) is 0.550. The summed E-state index contributed by atoms with van der Waals surface area (Å²) in [6.07, 6.45) is 8.19. The molecule has 0 aliphatic heterocycles. The molecule has 1 aromatic heterocycles. The van der Waals surface area contributed by atoms with Crippen LogP contribution in [0.2, 0.25) is 0 Å². The first-order valence-corrected chi connectivity index (χ1v) is 10.2. The number of rotatable bonds is 5. The molecule has 0 spiro atoms. The molecule has 0 aromatic carbocycles. The molecule has 0 radical (unpaired) electrons. The second kappa shape index (κ2) is 8.25. The summed E-state index contributed by atoms with van der Waals surface area (Å²) in [6, 6.07) is 0. The van der Waals surface area contributed by atoms with E-state index in [2.05, 4.69) is 12.2 Å². The molecule has 0 fully saturated rings. The first-order chi connectivity index (χ1) is 13.0. The van der Waals surface area contributed by atoms with E-state index in [0.29, 0.717) is 29.3 Å². The third-order valence-electron chi connectivity index (χ3n) is 5.66. The Balaban J connectivity index is 1.89. The fourth-order valence-corrected chi connectivity index (χ4v) is 5.34. The number of hydrogen-bond donors (Lipinski definition) is 2. The van der Waals surface area contributed by atoms with Crippen LogP contribution in [0.15, 0.2) is 12.2 Å². The van der Waals surface area contributed by atoms with Crippen molar-refractivity contribution in [3.63, 3.8) is 0 Å². The number of fused-ring (bicyclic) bond motifs is 1. The zero-order chi connectivity index (χ0) is 19.6. The van der Waals surface area contributed by atoms with Crippen molar-refractivity contribution < 1.29 is 24.2 Å². The van der Waals surface area contributed by atoms with Gasteiger partial charge in [-0.2, -0.15) is 0 Å². The summed E-state index contributed by atoms with van der Waals surface area (Å²) in [7, 11) is 1.34. The maximum atomic E-state index is 12.8. The molecule has 3 atom stereocenters. The van der Waals surface area contributed by atoms with E-state index in [1.807, 2.05) is 6.08 Å². The number of aliphatic carboxylic acids is 1. The van der Waals surface area contributed by atoms with Gasteiger partial charge in [-0.3, -0.25) is 9.59 Å². The Labute approximate surface area is 162 Å². The Hall–Kier alpha value is -2.15. The van der Waals surface area contributed by atoms with Crippen LogP contribution in [-0.2, 0) is 27.2 Å². The number of methoxy groups -OCH3 is 1. The summed E-state index contributed by atoms with van der Waals surface area (Å²) >= 11 is 1.43. The summed E-state index contributed by atoms with van der Waals surface area (Å²) in [5, 5.41) is 12.8. The molecule has 146 valence electrons. The number of nitrogens with one attached hydrogen (secondary N) is 1. The lowest BCUT2D eigenvalue weighted by molar-refractivity contribution is -0.146. The van der Waals surface area contributed by atoms with Gasteiger partial charge in [-0.15, -0.1) is 11.3 Å². The molecule has 0 saturated heterocycles. The van der Waals surface area contributed by atoms with E-state index in [1.54, 1.807) is 6.08 Å². The molecular formula is C20H25NO5S. The first kappa shape index (κ1) is 19.6. The lowest BCUT2D eigenvalue weighted by atomic mass is 9.82. The van der Waals surface area contributed by atoms with Crippen LogP contribution in [0.5, 0.6) is 0 Å². The number of ether oxygens (including phenoxy) is 1. The summed E-state index contributed by atoms with van der Waals surface area (Å²) in [4.78, 5) is 37.8. The van der Waals surface area contributed by atoms with E-state index < -0.39 is 23.8 Å². The van der Waals surface area contributed by atoms with Gasteiger partial charge in [-0.25, -0.2) is 4.79 Å². The average molecular weight is 391 g/mol. The van der Waals surface area contributed by atoms with E-state index >= 15 is 0 Å². The Morgan fingerprint density at radius 3 is 2.59 bits per heavy atom. The largest absolute Gasteiger partial charge is 0.481 e. The molecule has 1 aromatic rings. The molecule has 1 heterocycles. The molecule has 3 rings (SSSR count). The predicted octanol–water partition coefficient (Wildman–Crippen LogP) is 3.66. The number of amides is 1. The van der Waals surface area contributed by atoms with Crippen LogP contribution in [0.25, 0.3) is 0 Å². The van der Waals surface area contributed by atoms with Crippen LogP contribution in [0.4, 0.5) is 5.00 Å². The minimum absolute atomic E-state index is 0.344. The quantitative estimate of drug-likeness (QED) is 0.590. The molecule has 2 N–H and O–H groups in total. The number of esters is 1. The number of allylic oxidation sites excluding steroid dienone is 2. The predicted molar refractivity (Wildman–Crippen MR) is 103 cm³/mol. The molecule has 0 saturated carbocycles.